The summed E-state index contributed by atoms with van der Waals surface area (Å²) >= 11 is 0. The van der Waals surface area contributed by atoms with Gasteiger partial charge in [0.2, 0.25) is 5.91 Å². The summed E-state index contributed by atoms with van der Waals surface area (Å²) in [5.74, 6) is -0.371. The highest BCUT2D eigenvalue weighted by molar-refractivity contribution is 6.03. The van der Waals surface area contributed by atoms with Crippen molar-refractivity contribution >= 4 is 28.5 Å². The highest BCUT2D eigenvalue weighted by Crippen LogP contribution is 2.25. The summed E-state index contributed by atoms with van der Waals surface area (Å²) in [7, 11) is 0. The number of pyridine rings is 1. The first-order chi connectivity index (χ1) is 14.8. The number of rotatable bonds is 5. The molecule has 1 aromatic carbocycles. The molecule has 3 N–H and O–H groups in total. The third kappa shape index (κ3) is 4.11. The Morgan fingerprint density at radius 2 is 1.87 bits per heavy atom. The lowest BCUT2D eigenvalue weighted by molar-refractivity contribution is -0.118. The first-order valence-corrected chi connectivity index (χ1v) is 9.65. The topological polar surface area (TPSA) is 129 Å². The number of nitrogens with zero attached hydrogens (tertiary/aromatic N) is 5. The van der Waals surface area contributed by atoms with Gasteiger partial charge in [0.15, 0.2) is 5.82 Å². The fourth-order valence-corrected chi connectivity index (χ4v) is 3.42. The van der Waals surface area contributed by atoms with Crippen molar-refractivity contribution in [2.45, 2.75) is 27.3 Å². The predicted octanol–water partition coefficient (Wildman–Crippen LogP) is 2.55. The molecule has 0 aliphatic heterocycles. The van der Waals surface area contributed by atoms with E-state index in [4.69, 9.17) is 5.73 Å². The van der Waals surface area contributed by atoms with E-state index in [0.29, 0.717) is 11.5 Å². The van der Waals surface area contributed by atoms with Gasteiger partial charge in [-0.2, -0.15) is 5.10 Å². The van der Waals surface area contributed by atoms with Crippen molar-refractivity contribution in [2.75, 3.05) is 5.32 Å². The van der Waals surface area contributed by atoms with E-state index in [1.165, 1.54) is 16.9 Å². The maximum Gasteiger partial charge on any atom is 0.273 e. The zero-order valence-corrected chi connectivity index (χ0v) is 17.4. The molecule has 3 aromatic heterocycles. The number of nitrogens with two attached hydrogens (primary N) is 1. The lowest BCUT2D eigenvalue weighted by Gasteiger charge is -2.11. The Hall–Kier alpha value is -4.14. The number of carbonyl (C=O) groups excluding carboxylic acids is 2. The molecule has 0 bridgehead atoms. The van der Waals surface area contributed by atoms with E-state index in [1.807, 2.05) is 39.0 Å². The number of anilines is 1. The fourth-order valence-electron chi connectivity index (χ4n) is 3.42. The molecular weight excluding hydrogens is 394 g/mol. The van der Waals surface area contributed by atoms with Gasteiger partial charge in [-0.15, -0.1) is 0 Å². The van der Waals surface area contributed by atoms with Crippen molar-refractivity contribution in [1.29, 1.82) is 0 Å². The summed E-state index contributed by atoms with van der Waals surface area (Å²) in [6.07, 6.45) is 3.17. The van der Waals surface area contributed by atoms with Crippen LogP contribution >= 0.6 is 0 Å². The van der Waals surface area contributed by atoms with Crippen LogP contribution < -0.4 is 11.1 Å². The molecule has 4 rings (SSSR count). The zero-order chi connectivity index (χ0) is 22.1. The second-order valence-electron chi connectivity index (χ2n) is 7.33. The molecule has 0 unspecified atom stereocenters. The van der Waals surface area contributed by atoms with E-state index < -0.39 is 5.91 Å². The Morgan fingerprint density at radius 3 is 2.61 bits per heavy atom. The standard InChI is InChI=1S/C22H21N7O2/c1-12-9-15(21-24-10-17-20(28-21)13(2)8-14(3)26-17)4-5-16(12)27-22(31)18-6-7-25-29(18)11-19(23)30/h4-10H,11H2,1-3H3,(H2,23,30)(H,27,31). The number of aryl methyl sites for hydroxylation is 3. The number of amides is 2. The second-order valence-corrected chi connectivity index (χ2v) is 7.33. The predicted molar refractivity (Wildman–Crippen MR) is 116 cm³/mol. The summed E-state index contributed by atoms with van der Waals surface area (Å²) in [5.41, 5.74) is 11.3. The lowest BCUT2D eigenvalue weighted by Crippen LogP contribution is -2.24. The number of carbonyl (C=O) groups is 2. The molecule has 156 valence electrons. The summed E-state index contributed by atoms with van der Waals surface area (Å²) in [6, 6.07) is 9.08. The van der Waals surface area contributed by atoms with E-state index in [0.717, 1.165) is 33.4 Å². The molecular formula is C22H21N7O2. The highest BCUT2D eigenvalue weighted by Gasteiger charge is 2.15. The molecule has 0 saturated carbocycles. The van der Waals surface area contributed by atoms with E-state index >= 15 is 0 Å². The van der Waals surface area contributed by atoms with Gasteiger partial charge in [-0.3, -0.25) is 14.3 Å². The first-order valence-electron chi connectivity index (χ1n) is 9.65. The minimum absolute atomic E-state index is 0.166. The number of hydrogen-bond donors (Lipinski definition) is 2. The van der Waals surface area contributed by atoms with Crippen molar-refractivity contribution < 1.29 is 9.59 Å². The van der Waals surface area contributed by atoms with Crippen molar-refractivity contribution in [1.82, 2.24) is 24.7 Å². The van der Waals surface area contributed by atoms with Crippen LogP contribution in [-0.4, -0.2) is 36.5 Å². The van der Waals surface area contributed by atoms with Gasteiger partial charge in [-0.05, 0) is 62.2 Å². The van der Waals surface area contributed by atoms with Crippen LogP contribution in [0.1, 0.15) is 27.3 Å². The van der Waals surface area contributed by atoms with Crippen LogP contribution in [0, 0.1) is 20.8 Å². The lowest BCUT2D eigenvalue weighted by atomic mass is 10.1. The number of aromatic nitrogens is 5. The van der Waals surface area contributed by atoms with Crippen LogP contribution in [0.2, 0.25) is 0 Å². The van der Waals surface area contributed by atoms with Crippen LogP contribution in [-0.2, 0) is 11.3 Å². The Labute approximate surface area is 178 Å². The molecule has 9 heteroatoms. The molecule has 2 amide bonds. The summed E-state index contributed by atoms with van der Waals surface area (Å²) in [4.78, 5) is 37.4. The van der Waals surface area contributed by atoms with Crippen molar-refractivity contribution in [2.24, 2.45) is 5.73 Å². The van der Waals surface area contributed by atoms with E-state index in [2.05, 4.69) is 25.4 Å². The summed E-state index contributed by atoms with van der Waals surface area (Å²) < 4.78 is 1.27. The maximum atomic E-state index is 12.6. The van der Waals surface area contributed by atoms with Gasteiger partial charge < -0.3 is 11.1 Å². The van der Waals surface area contributed by atoms with Crippen LogP contribution in [0.3, 0.4) is 0 Å². The quantitative estimate of drug-likeness (QED) is 0.515. The van der Waals surface area contributed by atoms with Gasteiger partial charge in [0.25, 0.3) is 5.91 Å². The third-order valence-corrected chi connectivity index (χ3v) is 4.85. The molecule has 0 aliphatic rings. The van der Waals surface area contributed by atoms with Crippen molar-refractivity contribution in [3.05, 3.63) is 65.2 Å². The molecule has 0 saturated heterocycles. The van der Waals surface area contributed by atoms with Gasteiger partial charge >= 0.3 is 0 Å². The summed E-state index contributed by atoms with van der Waals surface area (Å²) in [5, 5.41) is 6.81. The number of fused-ring (bicyclic) bond motifs is 1. The number of benzene rings is 1. The highest BCUT2D eigenvalue weighted by atomic mass is 16.2. The fraction of sp³-hybridized carbons (Fsp3) is 0.182. The van der Waals surface area contributed by atoms with E-state index in [-0.39, 0.29) is 18.1 Å². The summed E-state index contributed by atoms with van der Waals surface area (Å²) in [6.45, 7) is 5.66. The average Bonchev–Trinajstić information content (AvgIpc) is 3.16. The smallest absolute Gasteiger partial charge is 0.273 e. The van der Waals surface area contributed by atoms with Gasteiger partial charge in [0.05, 0.1) is 11.7 Å². The molecule has 0 fully saturated rings. The molecule has 4 aromatic rings. The number of hydrogen-bond acceptors (Lipinski definition) is 6. The number of primary amides is 1. The van der Waals surface area contributed by atoms with Gasteiger partial charge in [0, 0.05) is 23.1 Å². The average molecular weight is 415 g/mol. The van der Waals surface area contributed by atoms with Gasteiger partial charge in [0.1, 0.15) is 17.8 Å². The normalized spacial score (nSPS) is 10.9. The van der Waals surface area contributed by atoms with Crippen LogP contribution in [0.4, 0.5) is 5.69 Å². The maximum absolute atomic E-state index is 12.6. The Morgan fingerprint density at radius 1 is 1.06 bits per heavy atom. The van der Waals surface area contributed by atoms with Crippen molar-refractivity contribution in [3.8, 4) is 11.4 Å². The zero-order valence-electron chi connectivity index (χ0n) is 17.4. The molecule has 31 heavy (non-hydrogen) atoms. The Bertz CT molecular complexity index is 1330. The van der Waals surface area contributed by atoms with Gasteiger partial charge in [-0.25, -0.2) is 15.0 Å². The molecule has 0 aliphatic carbocycles. The molecule has 0 spiro atoms. The molecule has 0 radical (unpaired) electrons. The Kier molecular flexibility index (Phi) is 5.16. The number of nitrogens with one attached hydrogen (secondary N) is 1. The molecule has 9 nitrogen and oxygen atoms in total. The molecule has 3 heterocycles. The largest absolute Gasteiger partial charge is 0.368 e. The first kappa shape index (κ1) is 20.1. The van der Waals surface area contributed by atoms with E-state index in [9.17, 15) is 9.59 Å². The Balaban J connectivity index is 1.60. The monoisotopic (exact) mass is 415 g/mol. The van der Waals surface area contributed by atoms with Crippen LogP contribution in [0.15, 0.2) is 42.7 Å². The third-order valence-electron chi connectivity index (χ3n) is 4.85. The minimum Gasteiger partial charge on any atom is -0.368 e. The SMILES string of the molecule is Cc1cc(C)c2nc(-c3ccc(NC(=O)c4ccnn4CC(N)=O)c(C)c3)ncc2n1. The van der Waals surface area contributed by atoms with Crippen molar-refractivity contribution in [3.63, 3.8) is 0 Å². The van der Waals surface area contributed by atoms with Crippen LogP contribution in [0.25, 0.3) is 22.4 Å². The van der Waals surface area contributed by atoms with E-state index in [1.54, 1.807) is 12.3 Å². The van der Waals surface area contributed by atoms with Gasteiger partial charge in [-0.1, -0.05) is 0 Å². The van der Waals surface area contributed by atoms with Crippen LogP contribution in [0.5, 0.6) is 0 Å². The molecule has 0 atom stereocenters. The minimum atomic E-state index is -0.575. The second kappa shape index (κ2) is 7.94.